The van der Waals surface area contributed by atoms with Crippen LogP contribution in [0.25, 0.3) is 0 Å². The SMILES string of the molecule is CCc1ccc(S(=O)(=O)N2C3CCC2CC(NC(=O)c2ccncc2)C3)cc1. The maximum Gasteiger partial charge on any atom is 0.251 e. The largest absolute Gasteiger partial charge is 0.349 e. The average molecular weight is 400 g/mol. The number of hydrogen-bond donors (Lipinski definition) is 1. The first-order chi connectivity index (χ1) is 13.5. The van der Waals surface area contributed by atoms with Gasteiger partial charge in [0.25, 0.3) is 5.91 Å². The van der Waals surface area contributed by atoms with E-state index in [1.54, 1.807) is 41.0 Å². The molecule has 2 unspecified atom stereocenters. The number of benzene rings is 1. The van der Waals surface area contributed by atoms with Crippen molar-refractivity contribution in [2.45, 2.75) is 62.0 Å². The van der Waals surface area contributed by atoms with Crippen molar-refractivity contribution in [2.75, 3.05) is 0 Å². The van der Waals surface area contributed by atoms with Crippen molar-refractivity contribution in [3.05, 3.63) is 59.9 Å². The van der Waals surface area contributed by atoms with E-state index in [-0.39, 0.29) is 24.0 Å². The number of fused-ring (bicyclic) bond motifs is 2. The number of pyridine rings is 1. The number of aryl methyl sites for hydroxylation is 1. The van der Waals surface area contributed by atoms with Crippen molar-refractivity contribution in [2.24, 2.45) is 0 Å². The second kappa shape index (κ2) is 7.64. The summed E-state index contributed by atoms with van der Waals surface area (Å²) in [5, 5.41) is 3.07. The second-order valence-electron chi connectivity index (χ2n) is 7.60. The van der Waals surface area contributed by atoms with Crippen LogP contribution in [0.1, 0.15) is 48.5 Å². The molecule has 0 saturated carbocycles. The molecule has 7 heteroatoms. The lowest BCUT2D eigenvalue weighted by Crippen LogP contribution is -2.52. The highest BCUT2D eigenvalue weighted by Crippen LogP contribution is 2.39. The van der Waals surface area contributed by atoms with Gasteiger partial charge < -0.3 is 5.32 Å². The van der Waals surface area contributed by atoms with Crippen LogP contribution in [0.4, 0.5) is 0 Å². The van der Waals surface area contributed by atoms with E-state index in [0.717, 1.165) is 24.8 Å². The van der Waals surface area contributed by atoms with Crippen LogP contribution in [-0.4, -0.2) is 41.7 Å². The molecule has 2 aromatic rings. The van der Waals surface area contributed by atoms with Crippen LogP contribution in [-0.2, 0) is 16.4 Å². The third kappa shape index (κ3) is 3.56. The van der Waals surface area contributed by atoms with E-state index in [4.69, 9.17) is 0 Å². The number of rotatable bonds is 5. The minimum atomic E-state index is -3.51. The van der Waals surface area contributed by atoms with Crippen molar-refractivity contribution >= 4 is 15.9 Å². The third-order valence-electron chi connectivity index (χ3n) is 5.85. The summed E-state index contributed by atoms with van der Waals surface area (Å²) >= 11 is 0. The van der Waals surface area contributed by atoms with Gasteiger partial charge in [-0.05, 0) is 61.9 Å². The lowest BCUT2D eigenvalue weighted by molar-refractivity contribution is 0.0909. The summed E-state index contributed by atoms with van der Waals surface area (Å²) in [6.07, 6.45) is 7.07. The van der Waals surface area contributed by atoms with E-state index in [9.17, 15) is 13.2 Å². The van der Waals surface area contributed by atoms with Gasteiger partial charge in [-0.15, -0.1) is 0 Å². The first kappa shape index (κ1) is 19.1. The Kier molecular flexibility index (Phi) is 5.21. The third-order valence-corrected chi connectivity index (χ3v) is 7.87. The molecule has 1 amide bonds. The van der Waals surface area contributed by atoms with Crippen molar-refractivity contribution in [3.8, 4) is 0 Å². The van der Waals surface area contributed by atoms with Crippen LogP contribution in [0.3, 0.4) is 0 Å². The average Bonchev–Trinajstić information content (AvgIpc) is 3.01. The van der Waals surface area contributed by atoms with E-state index < -0.39 is 10.0 Å². The number of piperidine rings is 1. The molecular weight excluding hydrogens is 374 g/mol. The molecule has 1 N–H and O–H groups in total. The predicted octanol–water partition coefficient (Wildman–Crippen LogP) is 2.76. The molecule has 0 aliphatic carbocycles. The van der Waals surface area contributed by atoms with Crippen molar-refractivity contribution in [3.63, 3.8) is 0 Å². The first-order valence-corrected chi connectivity index (χ1v) is 11.3. The summed E-state index contributed by atoms with van der Waals surface area (Å²) in [4.78, 5) is 16.7. The van der Waals surface area contributed by atoms with Crippen molar-refractivity contribution < 1.29 is 13.2 Å². The topological polar surface area (TPSA) is 79.4 Å². The summed E-state index contributed by atoms with van der Waals surface area (Å²) < 4.78 is 28.2. The number of carbonyl (C=O) groups excluding carboxylic acids is 1. The van der Waals surface area contributed by atoms with Crippen LogP contribution in [0.2, 0.25) is 0 Å². The summed E-state index contributed by atoms with van der Waals surface area (Å²) in [6.45, 7) is 2.05. The quantitative estimate of drug-likeness (QED) is 0.838. The fraction of sp³-hybridized carbons (Fsp3) is 0.429. The van der Waals surface area contributed by atoms with Crippen LogP contribution in [0, 0.1) is 0 Å². The molecule has 2 fully saturated rings. The molecule has 0 spiro atoms. The molecule has 148 valence electrons. The number of carbonyl (C=O) groups is 1. The van der Waals surface area contributed by atoms with E-state index in [1.165, 1.54) is 0 Å². The molecule has 2 aliphatic rings. The Morgan fingerprint density at radius 1 is 1.07 bits per heavy atom. The van der Waals surface area contributed by atoms with Gasteiger partial charge in [0.1, 0.15) is 0 Å². The highest BCUT2D eigenvalue weighted by Gasteiger charge is 2.47. The number of nitrogens with one attached hydrogen (secondary N) is 1. The zero-order chi connectivity index (χ0) is 19.7. The zero-order valence-electron chi connectivity index (χ0n) is 15.9. The number of nitrogens with zero attached hydrogens (tertiary/aromatic N) is 2. The highest BCUT2D eigenvalue weighted by atomic mass is 32.2. The number of sulfonamides is 1. The first-order valence-electron chi connectivity index (χ1n) is 9.82. The lowest BCUT2D eigenvalue weighted by Gasteiger charge is -2.38. The van der Waals surface area contributed by atoms with Crippen LogP contribution in [0.15, 0.2) is 53.7 Å². The van der Waals surface area contributed by atoms with Gasteiger partial charge in [0.2, 0.25) is 10.0 Å². The van der Waals surface area contributed by atoms with E-state index in [2.05, 4.69) is 17.2 Å². The predicted molar refractivity (Wildman–Crippen MR) is 106 cm³/mol. The van der Waals surface area contributed by atoms with Gasteiger partial charge in [0, 0.05) is 36.1 Å². The highest BCUT2D eigenvalue weighted by molar-refractivity contribution is 7.89. The fourth-order valence-electron chi connectivity index (χ4n) is 4.44. The van der Waals surface area contributed by atoms with Gasteiger partial charge >= 0.3 is 0 Å². The molecule has 1 aromatic heterocycles. The van der Waals surface area contributed by atoms with E-state index >= 15 is 0 Å². The Labute approximate surface area is 166 Å². The molecule has 28 heavy (non-hydrogen) atoms. The monoisotopic (exact) mass is 399 g/mol. The lowest BCUT2D eigenvalue weighted by atomic mass is 9.99. The summed E-state index contributed by atoms with van der Waals surface area (Å²) in [5.74, 6) is -0.127. The van der Waals surface area contributed by atoms with Crippen LogP contribution >= 0.6 is 0 Å². The molecule has 2 saturated heterocycles. The Hall–Kier alpha value is -2.25. The Balaban J connectivity index is 1.48. The Morgan fingerprint density at radius 2 is 1.68 bits per heavy atom. The van der Waals surface area contributed by atoms with Crippen LogP contribution < -0.4 is 5.32 Å². The van der Waals surface area contributed by atoms with Gasteiger partial charge in [-0.3, -0.25) is 9.78 Å². The normalized spacial score (nSPS) is 24.8. The van der Waals surface area contributed by atoms with Crippen molar-refractivity contribution in [1.82, 2.24) is 14.6 Å². The van der Waals surface area contributed by atoms with Crippen LogP contribution in [0.5, 0.6) is 0 Å². The summed E-state index contributed by atoms with van der Waals surface area (Å²) in [6, 6.07) is 10.4. The molecule has 2 aliphatic heterocycles. The Morgan fingerprint density at radius 3 is 2.25 bits per heavy atom. The smallest absolute Gasteiger partial charge is 0.251 e. The van der Waals surface area contributed by atoms with E-state index in [1.807, 2.05) is 12.1 Å². The molecule has 6 nitrogen and oxygen atoms in total. The van der Waals surface area contributed by atoms with E-state index in [0.29, 0.717) is 23.3 Å². The minimum Gasteiger partial charge on any atom is -0.349 e. The number of hydrogen-bond acceptors (Lipinski definition) is 4. The fourth-order valence-corrected chi connectivity index (χ4v) is 6.33. The summed E-state index contributed by atoms with van der Waals surface area (Å²) in [5.41, 5.74) is 1.70. The van der Waals surface area contributed by atoms with Gasteiger partial charge in [-0.25, -0.2) is 8.42 Å². The molecule has 1 aromatic carbocycles. The summed E-state index contributed by atoms with van der Waals surface area (Å²) in [7, 11) is -3.51. The van der Waals surface area contributed by atoms with Gasteiger partial charge in [0.15, 0.2) is 0 Å². The molecule has 2 bridgehead atoms. The number of amides is 1. The van der Waals surface area contributed by atoms with Crippen molar-refractivity contribution in [1.29, 1.82) is 0 Å². The second-order valence-corrected chi connectivity index (χ2v) is 9.44. The molecule has 2 atom stereocenters. The molecular formula is C21H25N3O3S. The maximum atomic E-state index is 13.2. The van der Waals surface area contributed by atoms with Gasteiger partial charge in [-0.1, -0.05) is 19.1 Å². The zero-order valence-corrected chi connectivity index (χ0v) is 16.7. The molecule has 3 heterocycles. The van der Waals surface area contributed by atoms with Gasteiger partial charge in [0.05, 0.1) is 4.90 Å². The Bertz CT molecular complexity index is 931. The van der Waals surface area contributed by atoms with Gasteiger partial charge in [-0.2, -0.15) is 4.31 Å². The standard InChI is InChI=1S/C21H25N3O3S/c1-2-15-3-7-20(8-4-15)28(26,27)24-18-5-6-19(24)14-17(13-18)23-21(25)16-9-11-22-12-10-16/h3-4,7-12,17-19H,2,5-6,13-14H2,1H3,(H,23,25). The molecule has 4 rings (SSSR count). The number of aromatic nitrogens is 1. The maximum absolute atomic E-state index is 13.2. The molecule has 0 radical (unpaired) electrons. The minimum absolute atomic E-state index is 0.00733.